The highest BCUT2D eigenvalue weighted by atomic mass is 16.2. The van der Waals surface area contributed by atoms with Crippen molar-refractivity contribution in [2.75, 3.05) is 5.32 Å². The van der Waals surface area contributed by atoms with Crippen molar-refractivity contribution < 1.29 is 9.59 Å². The van der Waals surface area contributed by atoms with Crippen molar-refractivity contribution in [2.45, 2.75) is 51.1 Å². The van der Waals surface area contributed by atoms with E-state index in [1.165, 1.54) is 6.42 Å². The topological polar surface area (TPSA) is 70.2 Å². The van der Waals surface area contributed by atoms with E-state index < -0.39 is 0 Å². The lowest BCUT2D eigenvalue weighted by molar-refractivity contribution is 0.0941. The summed E-state index contributed by atoms with van der Waals surface area (Å²) in [5, 5.41) is 8.86. The Morgan fingerprint density at radius 2 is 1.59 bits per heavy atom. The number of para-hydroxylation sites is 1. The van der Waals surface area contributed by atoms with Gasteiger partial charge in [-0.3, -0.25) is 4.79 Å². The number of hydrogen-bond acceptors (Lipinski definition) is 2. The standard InChI is InChI=1S/C22H27N3O2/c1-16(17-10-4-2-5-11-17)23-21(26)19-14-8-9-15-20(19)25-22(27)24-18-12-6-3-7-13-18/h2,4-5,8-11,14-16,18H,3,6-7,12-13H2,1H3,(H,23,26)(H2,24,25,27)/t16-/m1/s1. The van der Waals surface area contributed by atoms with E-state index in [2.05, 4.69) is 16.0 Å². The van der Waals surface area contributed by atoms with Crippen LogP contribution >= 0.6 is 0 Å². The number of anilines is 1. The van der Waals surface area contributed by atoms with E-state index >= 15 is 0 Å². The fourth-order valence-corrected chi connectivity index (χ4v) is 3.48. The second-order valence-electron chi connectivity index (χ2n) is 7.08. The second kappa shape index (κ2) is 9.21. The van der Waals surface area contributed by atoms with E-state index in [1.807, 2.05) is 43.3 Å². The molecule has 0 bridgehead atoms. The SMILES string of the molecule is C[C@@H](NC(=O)c1ccccc1NC(=O)NC1CCCCC1)c1ccccc1. The molecule has 2 aromatic carbocycles. The molecule has 0 spiro atoms. The maximum Gasteiger partial charge on any atom is 0.319 e. The third-order valence-corrected chi connectivity index (χ3v) is 5.01. The van der Waals surface area contributed by atoms with Crippen LogP contribution in [0.25, 0.3) is 0 Å². The van der Waals surface area contributed by atoms with Crippen LogP contribution in [0.1, 0.15) is 61.0 Å². The maximum atomic E-state index is 12.7. The number of benzene rings is 2. The molecule has 1 atom stereocenters. The molecule has 1 fully saturated rings. The van der Waals surface area contributed by atoms with Crippen molar-refractivity contribution in [1.29, 1.82) is 0 Å². The van der Waals surface area contributed by atoms with Gasteiger partial charge in [-0.15, -0.1) is 0 Å². The first-order valence-electron chi connectivity index (χ1n) is 9.66. The zero-order valence-electron chi connectivity index (χ0n) is 15.7. The average molecular weight is 365 g/mol. The summed E-state index contributed by atoms with van der Waals surface area (Å²) < 4.78 is 0. The molecule has 0 unspecified atom stereocenters. The molecule has 0 heterocycles. The Labute approximate surface area is 160 Å². The lowest BCUT2D eigenvalue weighted by Gasteiger charge is -2.23. The number of amides is 3. The minimum absolute atomic E-state index is 0.122. The fourth-order valence-electron chi connectivity index (χ4n) is 3.48. The van der Waals surface area contributed by atoms with Crippen molar-refractivity contribution in [3.05, 3.63) is 65.7 Å². The van der Waals surface area contributed by atoms with Crippen LogP contribution in [0.15, 0.2) is 54.6 Å². The van der Waals surface area contributed by atoms with E-state index in [4.69, 9.17) is 0 Å². The first-order chi connectivity index (χ1) is 13.1. The molecule has 27 heavy (non-hydrogen) atoms. The van der Waals surface area contributed by atoms with E-state index in [0.717, 1.165) is 31.2 Å². The first kappa shape index (κ1) is 19.0. The highest BCUT2D eigenvalue weighted by Gasteiger charge is 2.18. The molecule has 5 heteroatoms. The summed E-state index contributed by atoms with van der Waals surface area (Å²) in [6.45, 7) is 1.94. The summed E-state index contributed by atoms with van der Waals surface area (Å²) in [7, 11) is 0. The minimum atomic E-state index is -0.252. The highest BCUT2D eigenvalue weighted by Crippen LogP contribution is 2.20. The van der Waals surface area contributed by atoms with Gasteiger partial charge in [-0.1, -0.05) is 61.7 Å². The van der Waals surface area contributed by atoms with Crippen LogP contribution in [0.2, 0.25) is 0 Å². The van der Waals surface area contributed by atoms with Gasteiger partial charge in [0, 0.05) is 6.04 Å². The van der Waals surface area contributed by atoms with Crippen LogP contribution in [0.4, 0.5) is 10.5 Å². The Bertz CT molecular complexity index is 770. The molecule has 0 saturated heterocycles. The third-order valence-electron chi connectivity index (χ3n) is 5.01. The number of hydrogen-bond donors (Lipinski definition) is 3. The van der Waals surface area contributed by atoms with Crippen molar-refractivity contribution in [3.63, 3.8) is 0 Å². The van der Waals surface area contributed by atoms with Gasteiger partial charge in [-0.2, -0.15) is 0 Å². The zero-order valence-corrected chi connectivity index (χ0v) is 15.7. The molecule has 1 saturated carbocycles. The maximum absolute atomic E-state index is 12.7. The third kappa shape index (κ3) is 5.33. The van der Waals surface area contributed by atoms with E-state index in [9.17, 15) is 9.59 Å². The molecule has 2 aromatic rings. The van der Waals surface area contributed by atoms with Crippen LogP contribution in [0, 0.1) is 0 Å². The first-order valence-corrected chi connectivity index (χ1v) is 9.66. The molecular formula is C22H27N3O2. The molecule has 0 radical (unpaired) electrons. The van der Waals surface area contributed by atoms with Gasteiger partial charge >= 0.3 is 6.03 Å². The van der Waals surface area contributed by atoms with E-state index in [0.29, 0.717) is 11.3 Å². The monoisotopic (exact) mass is 365 g/mol. The predicted molar refractivity (Wildman–Crippen MR) is 108 cm³/mol. The van der Waals surface area contributed by atoms with Gasteiger partial charge in [0.15, 0.2) is 0 Å². The molecule has 142 valence electrons. The van der Waals surface area contributed by atoms with Crippen molar-refractivity contribution in [2.24, 2.45) is 0 Å². The summed E-state index contributed by atoms with van der Waals surface area (Å²) in [4.78, 5) is 25.1. The number of rotatable bonds is 5. The Kier molecular flexibility index (Phi) is 6.47. The number of nitrogens with one attached hydrogen (secondary N) is 3. The zero-order chi connectivity index (χ0) is 19.1. The number of urea groups is 1. The molecule has 3 N–H and O–H groups in total. The van der Waals surface area contributed by atoms with E-state index in [1.54, 1.807) is 18.2 Å². The lowest BCUT2D eigenvalue weighted by Crippen LogP contribution is -2.39. The van der Waals surface area contributed by atoms with Crippen molar-refractivity contribution >= 4 is 17.6 Å². The average Bonchev–Trinajstić information content (AvgIpc) is 2.69. The van der Waals surface area contributed by atoms with E-state index in [-0.39, 0.29) is 24.0 Å². The van der Waals surface area contributed by atoms with Gasteiger partial charge in [0.1, 0.15) is 0 Å². The van der Waals surface area contributed by atoms with Crippen LogP contribution in [0.3, 0.4) is 0 Å². The molecule has 1 aliphatic carbocycles. The van der Waals surface area contributed by atoms with Gasteiger partial charge < -0.3 is 16.0 Å². The number of carbonyl (C=O) groups excluding carboxylic acids is 2. The number of carbonyl (C=O) groups is 2. The quantitative estimate of drug-likeness (QED) is 0.723. The summed E-state index contributed by atoms with van der Waals surface area (Å²) in [6.07, 6.45) is 5.58. The van der Waals surface area contributed by atoms with Gasteiger partial charge in [0.05, 0.1) is 17.3 Å². The Balaban J connectivity index is 1.64. The summed E-state index contributed by atoms with van der Waals surface area (Å²) >= 11 is 0. The minimum Gasteiger partial charge on any atom is -0.345 e. The molecule has 0 aromatic heterocycles. The fraction of sp³-hybridized carbons (Fsp3) is 0.364. The van der Waals surface area contributed by atoms with Crippen LogP contribution in [0.5, 0.6) is 0 Å². The van der Waals surface area contributed by atoms with Gasteiger partial charge in [-0.05, 0) is 37.5 Å². The predicted octanol–water partition coefficient (Wildman–Crippen LogP) is 4.63. The second-order valence-corrected chi connectivity index (χ2v) is 7.08. The molecule has 3 rings (SSSR count). The van der Waals surface area contributed by atoms with Crippen LogP contribution in [-0.4, -0.2) is 18.0 Å². The lowest BCUT2D eigenvalue weighted by atomic mass is 9.96. The van der Waals surface area contributed by atoms with Gasteiger partial charge in [0.25, 0.3) is 5.91 Å². The normalized spacial score (nSPS) is 15.6. The van der Waals surface area contributed by atoms with Crippen LogP contribution < -0.4 is 16.0 Å². The Morgan fingerprint density at radius 3 is 2.33 bits per heavy atom. The molecule has 5 nitrogen and oxygen atoms in total. The summed E-state index contributed by atoms with van der Waals surface area (Å²) in [6, 6.07) is 16.7. The van der Waals surface area contributed by atoms with Crippen molar-refractivity contribution in [1.82, 2.24) is 10.6 Å². The molecule has 0 aliphatic heterocycles. The molecule has 1 aliphatic rings. The van der Waals surface area contributed by atoms with Crippen molar-refractivity contribution in [3.8, 4) is 0 Å². The Hall–Kier alpha value is -2.82. The highest BCUT2D eigenvalue weighted by molar-refractivity contribution is 6.03. The summed E-state index contributed by atoms with van der Waals surface area (Å²) in [5.41, 5.74) is 2.01. The van der Waals surface area contributed by atoms with Gasteiger partial charge in [-0.25, -0.2) is 4.79 Å². The Morgan fingerprint density at radius 1 is 0.926 bits per heavy atom. The largest absolute Gasteiger partial charge is 0.345 e. The summed E-state index contributed by atoms with van der Waals surface area (Å²) in [5.74, 6) is -0.208. The molecular weight excluding hydrogens is 338 g/mol. The van der Waals surface area contributed by atoms with Gasteiger partial charge in [0.2, 0.25) is 0 Å². The molecule has 3 amide bonds. The van der Waals surface area contributed by atoms with Crippen LogP contribution in [-0.2, 0) is 0 Å². The smallest absolute Gasteiger partial charge is 0.319 e.